The van der Waals surface area contributed by atoms with Crippen molar-refractivity contribution in [2.45, 2.75) is 26.8 Å². The van der Waals surface area contributed by atoms with Gasteiger partial charge in [-0.1, -0.05) is 13.8 Å². The summed E-state index contributed by atoms with van der Waals surface area (Å²) in [7, 11) is 0. The number of nitrogens with two attached hydrogens (primary N) is 1. The number of aromatic nitrogens is 3. The molecule has 2 heterocycles. The molecule has 4 heteroatoms. The van der Waals surface area contributed by atoms with E-state index in [-0.39, 0.29) is 0 Å². The van der Waals surface area contributed by atoms with Crippen LogP contribution in [-0.4, -0.2) is 14.8 Å². The molecule has 0 atom stereocenters. The fraction of sp³-hybridized carbons (Fsp3) is 0.455. The first-order chi connectivity index (χ1) is 7.16. The van der Waals surface area contributed by atoms with Gasteiger partial charge in [0, 0.05) is 11.9 Å². The van der Waals surface area contributed by atoms with E-state index in [4.69, 9.17) is 5.73 Å². The lowest BCUT2D eigenvalue weighted by Gasteiger charge is -2.05. The molecule has 0 unspecified atom stereocenters. The van der Waals surface area contributed by atoms with Gasteiger partial charge in [0.15, 0.2) is 5.65 Å². The monoisotopic (exact) mass is 204 g/mol. The second-order valence-corrected chi connectivity index (χ2v) is 4.20. The Morgan fingerprint density at radius 1 is 1.40 bits per heavy atom. The molecular weight excluding hydrogens is 188 g/mol. The van der Waals surface area contributed by atoms with Gasteiger partial charge in [0.2, 0.25) is 0 Å². The molecular formula is C11H16N4. The van der Waals surface area contributed by atoms with Crippen molar-refractivity contribution in [1.29, 1.82) is 0 Å². The molecule has 0 fully saturated rings. The number of nitrogen functional groups attached to an aromatic ring is 1. The van der Waals surface area contributed by atoms with Gasteiger partial charge in [0.05, 0.1) is 6.20 Å². The third kappa shape index (κ3) is 2.09. The van der Waals surface area contributed by atoms with Crippen LogP contribution >= 0.6 is 0 Å². The Hall–Kier alpha value is -1.58. The molecule has 80 valence electrons. The van der Waals surface area contributed by atoms with Gasteiger partial charge in [-0.25, -0.2) is 9.67 Å². The van der Waals surface area contributed by atoms with E-state index in [0.717, 1.165) is 24.0 Å². The van der Waals surface area contributed by atoms with Gasteiger partial charge in [-0.3, -0.25) is 0 Å². The first-order valence-corrected chi connectivity index (χ1v) is 5.25. The quantitative estimate of drug-likeness (QED) is 0.832. The standard InChI is InChI=1S/C11H16N4/c1-8(2)5-6-15-11-9(7-13-15)3-4-10(12)14-11/h3-4,7-8H,5-6H2,1-2H3,(H2,12,14). The highest BCUT2D eigenvalue weighted by Crippen LogP contribution is 2.14. The highest BCUT2D eigenvalue weighted by atomic mass is 15.3. The van der Waals surface area contributed by atoms with Crippen LogP contribution < -0.4 is 5.73 Å². The maximum absolute atomic E-state index is 5.66. The maximum atomic E-state index is 5.66. The first-order valence-electron chi connectivity index (χ1n) is 5.25. The number of fused-ring (bicyclic) bond motifs is 1. The molecule has 0 aliphatic rings. The fourth-order valence-electron chi connectivity index (χ4n) is 1.51. The zero-order valence-corrected chi connectivity index (χ0v) is 9.14. The van der Waals surface area contributed by atoms with Crippen molar-refractivity contribution in [3.8, 4) is 0 Å². The van der Waals surface area contributed by atoms with E-state index in [0.29, 0.717) is 11.7 Å². The van der Waals surface area contributed by atoms with Gasteiger partial charge in [-0.2, -0.15) is 5.10 Å². The van der Waals surface area contributed by atoms with E-state index < -0.39 is 0 Å². The predicted octanol–water partition coefficient (Wildman–Crippen LogP) is 2.06. The second kappa shape index (κ2) is 3.88. The van der Waals surface area contributed by atoms with Crippen molar-refractivity contribution < 1.29 is 0 Å². The van der Waals surface area contributed by atoms with E-state index in [2.05, 4.69) is 23.9 Å². The van der Waals surface area contributed by atoms with Gasteiger partial charge in [-0.15, -0.1) is 0 Å². The Bertz CT molecular complexity index is 459. The van der Waals surface area contributed by atoms with Gasteiger partial charge in [0.1, 0.15) is 5.82 Å². The Kier molecular flexibility index (Phi) is 2.58. The summed E-state index contributed by atoms with van der Waals surface area (Å²) in [5.41, 5.74) is 6.54. The van der Waals surface area contributed by atoms with Crippen LogP contribution in [0.25, 0.3) is 11.0 Å². The van der Waals surface area contributed by atoms with Crippen LogP contribution in [0.15, 0.2) is 18.3 Å². The van der Waals surface area contributed by atoms with Crippen LogP contribution in [0.1, 0.15) is 20.3 Å². The molecule has 0 saturated carbocycles. The maximum Gasteiger partial charge on any atom is 0.160 e. The van der Waals surface area contributed by atoms with Crippen molar-refractivity contribution in [3.05, 3.63) is 18.3 Å². The number of aryl methyl sites for hydroxylation is 1. The Labute approximate surface area is 89.1 Å². The molecule has 0 aromatic carbocycles. The summed E-state index contributed by atoms with van der Waals surface area (Å²) in [5.74, 6) is 1.22. The zero-order valence-electron chi connectivity index (χ0n) is 9.14. The Balaban J connectivity index is 2.31. The van der Waals surface area contributed by atoms with Crippen LogP contribution in [0.4, 0.5) is 5.82 Å². The summed E-state index contributed by atoms with van der Waals surface area (Å²) in [5, 5.41) is 5.36. The highest BCUT2D eigenvalue weighted by Gasteiger charge is 2.04. The lowest BCUT2D eigenvalue weighted by Crippen LogP contribution is -2.04. The molecule has 0 spiro atoms. The average Bonchev–Trinajstić information content (AvgIpc) is 2.57. The van der Waals surface area contributed by atoms with Crippen molar-refractivity contribution >= 4 is 16.9 Å². The molecule has 2 N–H and O–H groups in total. The summed E-state index contributed by atoms with van der Waals surface area (Å²) in [6, 6.07) is 3.76. The number of hydrogen-bond donors (Lipinski definition) is 1. The summed E-state index contributed by atoms with van der Waals surface area (Å²) in [4.78, 5) is 4.29. The highest BCUT2D eigenvalue weighted by molar-refractivity contribution is 5.76. The molecule has 2 aromatic rings. The van der Waals surface area contributed by atoms with E-state index in [1.165, 1.54) is 0 Å². The summed E-state index contributed by atoms with van der Waals surface area (Å²) in [6.45, 7) is 5.30. The van der Waals surface area contributed by atoms with Gasteiger partial charge in [0.25, 0.3) is 0 Å². The first kappa shape index (κ1) is 9.96. The molecule has 2 aromatic heterocycles. The van der Waals surface area contributed by atoms with Crippen LogP contribution in [0.2, 0.25) is 0 Å². The van der Waals surface area contributed by atoms with Crippen molar-refractivity contribution in [3.63, 3.8) is 0 Å². The van der Waals surface area contributed by atoms with E-state index >= 15 is 0 Å². The molecule has 0 aliphatic heterocycles. The fourth-order valence-corrected chi connectivity index (χ4v) is 1.51. The van der Waals surface area contributed by atoms with Crippen LogP contribution in [-0.2, 0) is 6.54 Å². The van der Waals surface area contributed by atoms with Gasteiger partial charge >= 0.3 is 0 Å². The number of nitrogens with zero attached hydrogens (tertiary/aromatic N) is 3. The second-order valence-electron chi connectivity index (χ2n) is 4.20. The SMILES string of the molecule is CC(C)CCn1ncc2ccc(N)nc21. The molecule has 15 heavy (non-hydrogen) atoms. The van der Waals surface area contributed by atoms with Gasteiger partial charge < -0.3 is 5.73 Å². The molecule has 4 nitrogen and oxygen atoms in total. The van der Waals surface area contributed by atoms with E-state index in [1.54, 1.807) is 6.07 Å². The largest absolute Gasteiger partial charge is 0.384 e. The normalized spacial score (nSPS) is 11.4. The molecule has 0 radical (unpaired) electrons. The average molecular weight is 204 g/mol. The number of anilines is 1. The summed E-state index contributed by atoms with van der Waals surface area (Å²) in [6.07, 6.45) is 2.94. The van der Waals surface area contributed by atoms with Crippen LogP contribution in [0, 0.1) is 5.92 Å². The predicted molar refractivity (Wildman–Crippen MR) is 61.4 cm³/mol. The van der Waals surface area contributed by atoms with Crippen LogP contribution in [0.5, 0.6) is 0 Å². The minimum absolute atomic E-state index is 0.550. The Morgan fingerprint density at radius 3 is 2.93 bits per heavy atom. The minimum atomic E-state index is 0.550. The smallest absolute Gasteiger partial charge is 0.160 e. The molecule has 0 saturated heterocycles. The third-order valence-corrected chi connectivity index (χ3v) is 2.43. The van der Waals surface area contributed by atoms with E-state index in [1.807, 2.05) is 16.9 Å². The van der Waals surface area contributed by atoms with Crippen molar-refractivity contribution in [1.82, 2.24) is 14.8 Å². The summed E-state index contributed by atoms with van der Waals surface area (Å²) < 4.78 is 1.92. The van der Waals surface area contributed by atoms with Gasteiger partial charge in [-0.05, 0) is 24.5 Å². The van der Waals surface area contributed by atoms with Crippen LogP contribution in [0.3, 0.4) is 0 Å². The molecule has 0 amide bonds. The molecule has 2 rings (SSSR count). The lowest BCUT2D eigenvalue weighted by atomic mass is 10.1. The number of pyridine rings is 1. The number of hydrogen-bond acceptors (Lipinski definition) is 3. The van der Waals surface area contributed by atoms with Crippen molar-refractivity contribution in [2.75, 3.05) is 5.73 Å². The lowest BCUT2D eigenvalue weighted by molar-refractivity contribution is 0.494. The Morgan fingerprint density at radius 2 is 2.20 bits per heavy atom. The minimum Gasteiger partial charge on any atom is -0.384 e. The third-order valence-electron chi connectivity index (χ3n) is 2.43. The topological polar surface area (TPSA) is 56.7 Å². The molecule has 0 bridgehead atoms. The molecule has 0 aliphatic carbocycles. The van der Waals surface area contributed by atoms with Crippen molar-refractivity contribution in [2.24, 2.45) is 5.92 Å². The number of rotatable bonds is 3. The zero-order chi connectivity index (χ0) is 10.8. The van der Waals surface area contributed by atoms with E-state index in [9.17, 15) is 0 Å². The summed E-state index contributed by atoms with van der Waals surface area (Å²) >= 11 is 0.